The summed E-state index contributed by atoms with van der Waals surface area (Å²) in [5, 5.41) is 4.06. The molecule has 1 aliphatic rings. The van der Waals surface area contributed by atoms with Crippen molar-refractivity contribution in [2.75, 3.05) is 17.1 Å². The van der Waals surface area contributed by atoms with Gasteiger partial charge in [0.05, 0.1) is 17.0 Å². The third kappa shape index (κ3) is 8.24. The van der Waals surface area contributed by atoms with E-state index < -0.39 is 28.5 Å². The predicted molar refractivity (Wildman–Crippen MR) is 150 cm³/mol. The molecule has 2 amide bonds. The largest absolute Gasteiger partial charge is 0.352 e. The number of hydrogen-bond acceptors (Lipinski definition) is 4. The summed E-state index contributed by atoms with van der Waals surface area (Å²) in [5.41, 5.74) is 0.851. The molecule has 1 fully saturated rings. The van der Waals surface area contributed by atoms with Crippen molar-refractivity contribution in [2.24, 2.45) is 0 Å². The van der Waals surface area contributed by atoms with Gasteiger partial charge in [-0.15, -0.1) is 0 Å². The van der Waals surface area contributed by atoms with Crippen LogP contribution in [0.4, 0.5) is 5.69 Å². The topological polar surface area (TPSA) is 86.8 Å². The van der Waals surface area contributed by atoms with Crippen LogP contribution < -0.4 is 9.62 Å². The third-order valence-electron chi connectivity index (χ3n) is 6.46. The molecule has 0 radical (unpaired) electrons. The van der Waals surface area contributed by atoms with Crippen molar-refractivity contribution in [1.29, 1.82) is 0 Å². The number of carbonyl (C=O) groups is 2. The van der Waals surface area contributed by atoms with E-state index in [4.69, 9.17) is 34.8 Å². The van der Waals surface area contributed by atoms with Crippen LogP contribution in [0.15, 0.2) is 42.5 Å². The Morgan fingerprint density at radius 1 is 1.00 bits per heavy atom. The molecule has 1 atom stereocenters. The minimum absolute atomic E-state index is 0.0700. The number of anilines is 1. The highest BCUT2D eigenvalue weighted by atomic mass is 35.5. The lowest BCUT2D eigenvalue weighted by Gasteiger charge is -2.34. The van der Waals surface area contributed by atoms with Gasteiger partial charge in [-0.2, -0.15) is 0 Å². The lowest BCUT2D eigenvalue weighted by Crippen LogP contribution is -2.54. The summed E-state index contributed by atoms with van der Waals surface area (Å²) >= 11 is 18.4. The van der Waals surface area contributed by atoms with Crippen molar-refractivity contribution in [2.45, 2.75) is 64.1 Å². The van der Waals surface area contributed by atoms with E-state index in [0.29, 0.717) is 11.4 Å². The molecule has 2 aromatic rings. The van der Waals surface area contributed by atoms with E-state index in [1.54, 1.807) is 24.3 Å². The Morgan fingerprint density at radius 2 is 1.62 bits per heavy atom. The van der Waals surface area contributed by atoms with Gasteiger partial charge < -0.3 is 10.2 Å². The minimum atomic E-state index is -3.91. The summed E-state index contributed by atoms with van der Waals surface area (Å²) in [6, 6.07) is 10.6. The fourth-order valence-corrected chi connectivity index (χ4v) is 5.94. The van der Waals surface area contributed by atoms with Crippen molar-refractivity contribution in [3.05, 3.63) is 63.1 Å². The average molecular weight is 589 g/mol. The van der Waals surface area contributed by atoms with Crippen LogP contribution in [0, 0.1) is 0 Å². The predicted octanol–water partition coefficient (Wildman–Crippen LogP) is 5.67. The average Bonchev–Trinajstić information content (AvgIpc) is 2.85. The van der Waals surface area contributed by atoms with Crippen LogP contribution in [0.5, 0.6) is 0 Å². The van der Waals surface area contributed by atoms with E-state index >= 15 is 0 Å². The Bertz CT molecular complexity index is 1200. The van der Waals surface area contributed by atoms with Gasteiger partial charge in [0.15, 0.2) is 0 Å². The molecule has 0 aromatic heterocycles. The molecule has 11 heteroatoms. The van der Waals surface area contributed by atoms with E-state index in [9.17, 15) is 18.0 Å². The number of sulfonamides is 1. The van der Waals surface area contributed by atoms with E-state index in [1.807, 2.05) is 6.92 Å². The maximum absolute atomic E-state index is 13.8. The number of benzene rings is 2. The number of nitrogens with zero attached hydrogens (tertiary/aromatic N) is 2. The molecule has 0 bridgehead atoms. The SMILES string of the molecule is CC[C@@H](C(=O)NC1CCCCC1)N(Cc1ccc(Cl)cc1)C(=O)CN(c1cc(Cl)ccc1Cl)S(C)(=O)=O. The number of amides is 2. The molecule has 0 spiro atoms. The standard InChI is InChI=1S/C26H32Cl3N3O4S/c1-3-23(26(34)30-21-7-5-4-6-8-21)31(16-18-9-11-19(27)12-10-18)25(33)17-32(37(2,35)36)24-15-20(28)13-14-22(24)29/h9-15,21,23H,3-8,16-17H2,1-2H3,(H,30,34)/t23-/m0/s1. The summed E-state index contributed by atoms with van der Waals surface area (Å²) in [5.74, 6) is -0.787. The molecule has 3 rings (SSSR count). The molecule has 1 N–H and O–H groups in total. The first-order valence-electron chi connectivity index (χ1n) is 12.3. The molecular weight excluding hydrogens is 557 g/mol. The Hall–Kier alpha value is -2.00. The lowest BCUT2D eigenvalue weighted by molar-refractivity contribution is -0.140. The van der Waals surface area contributed by atoms with Gasteiger partial charge in [0.1, 0.15) is 12.6 Å². The van der Waals surface area contributed by atoms with Crippen molar-refractivity contribution >= 4 is 62.3 Å². The molecule has 0 heterocycles. The van der Waals surface area contributed by atoms with E-state index in [0.717, 1.165) is 48.2 Å². The highest BCUT2D eigenvalue weighted by Crippen LogP contribution is 2.31. The zero-order valence-corrected chi connectivity index (χ0v) is 24.0. The number of halogens is 3. The van der Waals surface area contributed by atoms with Gasteiger partial charge >= 0.3 is 0 Å². The number of rotatable bonds is 10. The normalized spacial score (nSPS) is 15.2. The zero-order valence-electron chi connectivity index (χ0n) is 20.9. The first-order valence-corrected chi connectivity index (χ1v) is 15.2. The Balaban J connectivity index is 1.93. The maximum Gasteiger partial charge on any atom is 0.244 e. The molecule has 37 heavy (non-hydrogen) atoms. The minimum Gasteiger partial charge on any atom is -0.352 e. The lowest BCUT2D eigenvalue weighted by atomic mass is 9.95. The first kappa shape index (κ1) is 29.6. The summed E-state index contributed by atoms with van der Waals surface area (Å²) in [7, 11) is -3.91. The van der Waals surface area contributed by atoms with Gasteiger partial charge in [0, 0.05) is 22.6 Å². The summed E-state index contributed by atoms with van der Waals surface area (Å²) in [4.78, 5) is 28.6. The van der Waals surface area contributed by atoms with Gasteiger partial charge in [0.2, 0.25) is 21.8 Å². The van der Waals surface area contributed by atoms with E-state index in [2.05, 4.69) is 5.32 Å². The van der Waals surface area contributed by atoms with Crippen molar-refractivity contribution in [1.82, 2.24) is 10.2 Å². The summed E-state index contributed by atoms with van der Waals surface area (Å²) < 4.78 is 26.4. The first-order chi connectivity index (χ1) is 17.5. The van der Waals surface area contributed by atoms with Crippen LogP contribution in [-0.4, -0.2) is 50.0 Å². The van der Waals surface area contributed by atoms with Crippen LogP contribution in [0.3, 0.4) is 0 Å². The van der Waals surface area contributed by atoms with E-state index in [-0.39, 0.29) is 34.2 Å². The fraction of sp³-hybridized carbons (Fsp3) is 0.462. The monoisotopic (exact) mass is 587 g/mol. The van der Waals surface area contributed by atoms with Crippen molar-refractivity contribution in [3.8, 4) is 0 Å². The molecule has 0 aliphatic heterocycles. The van der Waals surface area contributed by atoms with E-state index in [1.165, 1.54) is 23.1 Å². The van der Waals surface area contributed by atoms with Crippen molar-refractivity contribution in [3.63, 3.8) is 0 Å². The molecular formula is C26H32Cl3N3O4S. The summed E-state index contributed by atoms with van der Waals surface area (Å²) in [6.45, 7) is 1.39. The molecule has 0 unspecified atom stereocenters. The Labute approximate surface area is 234 Å². The zero-order chi connectivity index (χ0) is 27.2. The van der Waals surface area contributed by atoms with Crippen LogP contribution in [0.1, 0.15) is 51.0 Å². The molecule has 2 aromatic carbocycles. The van der Waals surface area contributed by atoms with Crippen LogP contribution >= 0.6 is 34.8 Å². The van der Waals surface area contributed by atoms with Crippen molar-refractivity contribution < 1.29 is 18.0 Å². The Morgan fingerprint density at radius 3 is 2.22 bits per heavy atom. The second kappa shape index (κ2) is 13.2. The molecule has 0 saturated heterocycles. The number of nitrogens with one attached hydrogen (secondary N) is 1. The fourth-order valence-electron chi connectivity index (χ4n) is 4.52. The number of carbonyl (C=O) groups excluding carboxylic acids is 2. The van der Waals surface area contributed by atoms with Crippen LogP contribution in [-0.2, 0) is 26.2 Å². The summed E-state index contributed by atoms with van der Waals surface area (Å²) in [6.07, 6.45) is 6.42. The quantitative estimate of drug-likeness (QED) is 0.388. The number of hydrogen-bond donors (Lipinski definition) is 1. The molecule has 1 aliphatic carbocycles. The van der Waals surface area contributed by atoms with Gasteiger partial charge in [0.25, 0.3) is 0 Å². The van der Waals surface area contributed by atoms with Crippen LogP contribution in [0.2, 0.25) is 15.1 Å². The molecule has 1 saturated carbocycles. The smallest absolute Gasteiger partial charge is 0.244 e. The third-order valence-corrected chi connectivity index (χ3v) is 8.39. The highest BCUT2D eigenvalue weighted by Gasteiger charge is 2.33. The van der Waals surface area contributed by atoms with Gasteiger partial charge in [-0.05, 0) is 55.2 Å². The highest BCUT2D eigenvalue weighted by molar-refractivity contribution is 7.92. The van der Waals surface area contributed by atoms with Crippen LogP contribution in [0.25, 0.3) is 0 Å². The Kier molecular flexibility index (Phi) is 10.5. The molecule has 7 nitrogen and oxygen atoms in total. The van der Waals surface area contributed by atoms with Gasteiger partial charge in [-0.1, -0.05) is 73.1 Å². The second-order valence-corrected chi connectivity index (χ2v) is 12.5. The van der Waals surface area contributed by atoms with Gasteiger partial charge in [-0.3, -0.25) is 13.9 Å². The second-order valence-electron chi connectivity index (χ2n) is 9.28. The maximum atomic E-state index is 13.8. The molecule has 202 valence electrons. The van der Waals surface area contributed by atoms with Gasteiger partial charge in [-0.25, -0.2) is 8.42 Å².